The Hall–Kier alpha value is -2.37. The molecule has 4 rings (SSSR count). The first-order valence-electron chi connectivity index (χ1n) is 10.4. The third-order valence-electron chi connectivity index (χ3n) is 6.67. The van der Waals surface area contributed by atoms with Gasteiger partial charge < -0.3 is 10.1 Å². The van der Waals surface area contributed by atoms with Crippen LogP contribution in [0, 0.1) is 17.8 Å². The van der Waals surface area contributed by atoms with E-state index in [1.807, 2.05) is 24.3 Å². The molecule has 2 saturated carbocycles. The van der Waals surface area contributed by atoms with Crippen LogP contribution in [0.25, 0.3) is 0 Å². The van der Waals surface area contributed by atoms with Gasteiger partial charge in [-0.1, -0.05) is 12.8 Å². The van der Waals surface area contributed by atoms with Crippen molar-refractivity contribution in [1.82, 2.24) is 4.90 Å². The van der Waals surface area contributed by atoms with Crippen molar-refractivity contribution in [3.8, 4) is 5.75 Å². The van der Waals surface area contributed by atoms with Crippen LogP contribution in [0.1, 0.15) is 51.4 Å². The molecule has 0 aromatic heterocycles. The quantitative estimate of drug-likeness (QED) is 0.808. The van der Waals surface area contributed by atoms with Crippen molar-refractivity contribution < 1.29 is 19.1 Å². The van der Waals surface area contributed by atoms with E-state index in [0.717, 1.165) is 50.0 Å². The highest BCUT2D eigenvalue weighted by atomic mass is 16.5. The summed E-state index contributed by atoms with van der Waals surface area (Å²) >= 11 is 0. The van der Waals surface area contributed by atoms with Crippen molar-refractivity contribution in [2.45, 2.75) is 57.4 Å². The normalized spacial score (nSPS) is 30.1. The summed E-state index contributed by atoms with van der Waals surface area (Å²) in [4.78, 5) is 39.7. The molecule has 0 unspecified atom stereocenters. The van der Waals surface area contributed by atoms with E-state index < -0.39 is 0 Å². The fourth-order valence-electron chi connectivity index (χ4n) is 5.06. The van der Waals surface area contributed by atoms with E-state index >= 15 is 0 Å². The third kappa shape index (κ3) is 3.52. The molecule has 1 heterocycles. The Balaban J connectivity index is 1.33. The van der Waals surface area contributed by atoms with Gasteiger partial charge in [0.1, 0.15) is 5.75 Å². The minimum Gasteiger partial charge on any atom is -0.497 e. The predicted octanol–water partition coefficient (Wildman–Crippen LogP) is 3.37. The molecule has 1 N–H and O–H groups in total. The van der Waals surface area contributed by atoms with Crippen molar-refractivity contribution in [2.75, 3.05) is 12.4 Å². The highest BCUT2D eigenvalue weighted by Crippen LogP contribution is 2.41. The largest absolute Gasteiger partial charge is 0.497 e. The Morgan fingerprint density at radius 1 is 0.929 bits per heavy atom. The second-order valence-corrected chi connectivity index (χ2v) is 8.27. The number of rotatable bonds is 4. The minimum absolute atomic E-state index is 0.0105. The van der Waals surface area contributed by atoms with E-state index in [1.165, 1.54) is 0 Å². The number of carbonyl (C=O) groups is 3. The number of fused-ring (bicyclic) bond motifs is 1. The van der Waals surface area contributed by atoms with E-state index in [2.05, 4.69) is 5.32 Å². The van der Waals surface area contributed by atoms with E-state index in [1.54, 1.807) is 12.0 Å². The van der Waals surface area contributed by atoms with Crippen LogP contribution in [0.3, 0.4) is 0 Å². The molecule has 150 valence electrons. The average Bonchev–Trinajstić information content (AvgIpc) is 2.99. The Morgan fingerprint density at radius 2 is 1.50 bits per heavy atom. The summed E-state index contributed by atoms with van der Waals surface area (Å²) in [7, 11) is 1.61. The summed E-state index contributed by atoms with van der Waals surface area (Å²) in [6.07, 6.45) is 6.66. The number of nitrogens with one attached hydrogen (secondary N) is 1. The molecule has 1 aromatic carbocycles. The van der Waals surface area contributed by atoms with Gasteiger partial charge in [0.2, 0.25) is 17.7 Å². The number of carbonyl (C=O) groups excluding carboxylic acids is 3. The molecular weight excluding hydrogens is 356 g/mol. The molecule has 3 aliphatic rings. The van der Waals surface area contributed by atoms with Gasteiger partial charge in [-0.3, -0.25) is 19.3 Å². The zero-order valence-electron chi connectivity index (χ0n) is 16.4. The smallest absolute Gasteiger partial charge is 0.233 e. The van der Waals surface area contributed by atoms with Gasteiger partial charge in [0.15, 0.2) is 0 Å². The zero-order valence-corrected chi connectivity index (χ0v) is 16.4. The van der Waals surface area contributed by atoms with Crippen molar-refractivity contribution in [3.05, 3.63) is 24.3 Å². The van der Waals surface area contributed by atoms with Crippen molar-refractivity contribution in [1.29, 1.82) is 0 Å². The maximum atomic E-state index is 12.8. The summed E-state index contributed by atoms with van der Waals surface area (Å²) in [5.41, 5.74) is 0.752. The summed E-state index contributed by atoms with van der Waals surface area (Å²) in [6.45, 7) is 0. The second-order valence-electron chi connectivity index (χ2n) is 8.27. The molecular formula is C22H28N2O4. The van der Waals surface area contributed by atoms with Gasteiger partial charge in [0, 0.05) is 17.6 Å². The number of amides is 3. The van der Waals surface area contributed by atoms with E-state index in [0.29, 0.717) is 12.8 Å². The van der Waals surface area contributed by atoms with Crippen LogP contribution >= 0.6 is 0 Å². The van der Waals surface area contributed by atoms with Gasteiger partial charge >= 0.3 is 0 Å². The highest BCUT2D eigenvalue weighted by Gasteiger charge is 2.50. The average molecular weight is 384 g/mol. The fourth-order valence-corrected chi connectivity index (χ4v) is 5.06. The molecule has 1 saturated heterocycles. The molecule has 3 amide bonds. The zero-order chi connectivity index (χ0) is 19.7. The molecule has 1 aromatic rings. The van der Waals surface area contributed by atoms with Gasteiger partial charge in [-0.15, -0.1) is 0 Å². The van der Waals surface area contributed by atoms with Gasteiger partial charge in [-0.25, -0.2) is 0 Å². The first kappa shape index (κ1) is 19.0. The van der Waals surface area contributed by atoms with Crippen LogP contribution < -0.4 is 10.1 Å². The molecule has 6 heteroatoms. The Morgan fingerprint density at radius 3 is 2.04 bits per heavy atom. The topological polar surface area (TPSA) is 75.7 Å². The van der Waals surface area contributed by atoms with Crippen molar-refractivity contribution in [2.24, 2.45) is 17.8 Å². The van der Waals surface area contributed by atoms with Crippen LogP contribution in [0.4, 0.5) is 5.69 Å². The maximum Gasteiger partial charge on any atom is 0.233 e. The first-order chi connectivity index (χ1) is 13.6. The van der Waals surface area contributed by atoms with Gasteiger partial charge in [0.25, 0.3) is 0 Å². The lowest BCUT2D eigenvalue weighted by Crippen LogP contribution is -2.43. The number of ether oxygens (including phenoxy) is 1. The van der Waals surface area contributed by atoms with Crippen molar-refractivity contribution >= 4 is 23.4 Å². The number of nitrogens with zero attached hydrogens (tertiary/aromatic N) is 1. The number of likely N-dealkylation sites (tertiary alicyclic amines) is 1. The van der Waals surface area contributed by atoms with Crippen LogP contribution in [-0.2, 0) is 14.4 Å². The Kier molecular flexibility index (Phi) is 5.38. The molecule has 6 nitrogen and oxygen atoms in total. The SMILES string of the molecule is COc1ccc(NC(=O)C2CCC(N3C(=O)[C@H]4CCCC[C@H]4C3=O)CC2)cc1. The number of hydrogen-bond donors (Lipinski definition) is 1. The van der Waals surface area contributed by atoms with Gasteiger partial charge in [0.05, 0.1) is 18.9 Å². The molecule has 1 aliphatic heterocycles. The van der Waals surface area contributed by atoms with E-state index in [-0.39, 0.29) is 41.5 Å². The Bertz CT molecular complexity index is 728. The molecule has 3 fully saturated rings. The minimum atomic E-state index is -0.0858. The number of methoxy groups -OCH3 is 1. The summed E-state index contributed by atoms with van der Waals surface area (Å²) < 4.78 is 5.13. The lowest BCUT2D eigenvalue weighted by atomic mass is 9.81. The van der Waals surface area contributed by atoms with Crippen molar-refractivity contribution in [3.63, 3.8) is 0 Å². The summed E-state index contributed by atoms with van der Waals surface area (Å²) in [6, 6.07) is 7.25. The molecule has 0 radical (unpaired) electrons. The van der Waals surface area contributed by atoms with E-state index in [4.69, 9.17) is 4.74 Å². The van der Waals surface area contributed by atoms with E-state index in [9.17, 15) is 14.4 Å². The standard InChI is InChI=1S/C22H28N2O4/c1-28-17-12-8-15(9-13-17)23-20(25)14-6-10-16(11-7-14)24-21(26)18-4-2-3-5-19(18)22(24)27/h8-9,12-14,16,18-19H,2-7,10-11H2,1H3,(H,23,25)/t14?,16?,18-,19+. The number of anilines is 1. The van der Waals surface area contributed by atoms with Crippen LogP contribution in [0.5, 0.6) is 5.75 Å². The fraction of sp³-hybridized carbons (Fsp3) is 0.591. The second kappa shape index (κ2) is 7.94. The summed E-state index contributed by atoms with van der Waals surface area (Å²) in [5, 5.41) is 2.96. The number of imide groups is 1. The van der Waals surface area contributed by atoms with Crippen LogP contribution in [0.15, 0.2) is 24.3 Å². The monoisotopic (exact) mass is 384 g/mol. The molecule has 2 atom stereocenters. The Labute approximate surface area is 165 Å². The molecule has 2 aliphatic carbocycles. The predicted molar refractivity (Wildman–Crippen MR) is 105 cm³/mol. The number of benzene rings is 1. The lowest BCUT2D eigenvalue weighted by molar-refractivity contribution is -0.143. The summed E-state index contributed by atoms with van der Waals surface area (Å²) in [5.74, 6) is 0.597. The van der Waals surface area contributed by atoms with Crippen LogP contribution in [-0.4, -0.2) is 35.8 Å². The molecule has 0 spiro atoms. The highest BCUT2D eigenvalue weighted by molar-refractivity contribution is 6.05. The molecule has 28 heavy (non-hydrogen) atoms. The maximum absolute atomic E-state index is 12.8. The molecule has 0 bridgehead atoms. The third-order valence-corrected chi connectivity index (χ3v) is 6.67. The number of hydrogen-bond acceptors (Lipinski definition) is 4. The van der Waals surface area contributed by atoms with Gasteiger partial charge in [-0.2, -0.15) is 0 Å². The van der Waals surface area contributed by atoms with Gasteiger partial charge in [-0.05, 0) is 62.8 Å². The van der Waals surface area contributed by atoms with Crippen LogP contribution in [0.2, 0.25) is 0 Å². The lowest BCUT2D eigenvalue weighted by Gasteiger charge is -2.33. The first-order valence-corrected chi connectivity index (χ1v) is 10.4.